The lowest BCUT2D eigenvalue weighted by Gasteiger charge is -2.28. The second kappa shape index (κ2) is 7.52. The highest BCUT2D eigenvalue weighted by Gasteiger charge is 2.46. The Balaban J connectivity index is 1.29. The van der Waals surface area contributed by atoms with Crippen LogP contribution >= 0.6 is 0 Å². The maximum Gasteiger partial charge on any atom is 0.256 e. The second-order valence-electron chi connectivity index (χ2n) is 8.11. The van der Waals surface area contributed by atoms with Crippen LogP contribution in [0.15, 0.2) is 59.4 Å². The van der Waals surface area contributed by atoms with Gasteiger partial charge in [0.25, 0.3) is 5.56 Å². The van der Waals surface area contributed by atoms with Crippen LogP contribution in [0.3, 0.4) is 0 Å². The topological polar surface area (TPSA) is 66.1 Å². The van der Waals surface area contributed by atoms with E-state index in [0.717, 1.165) is 17.7 Å². The standard InChI is InChI=1S/C24H22FN3O2/c25-17-8-6-15(7-9-17)12-22-26-21-10-11-28(14-20(21)23(29)27-22)24(30)19-13-18(19)16-4-2-1-3-5-16/h1-9,18-19H,10-14H2,(H,26,27,29)/t18-,19+/m0/s1. The van der Waals surface area contributed by atoms with Gasteiger partial charge < -0.3 is 9.88 Å². The van der Waals surface area contributed by atoms with E-state index in [1.54, 1.807) is 17.0 Å². The fourth-order valence-electron chi connectivity index (χ4n) is 4.32. The smallest absolute Gasteiger partial charge is 0.256 e. The van der Waals surface area contributed by atoms with E-state index in [9.17, 15) is 14.0 Å². The molecule has 5 nitrogen and oxygen atoms in total. The van der Waals surface area contributed by atoms with Gasteiger partial charge in [0.1, 0.15) is 11.6 Å². The van der Waals surface area contributed by atoms with E-state index in [2.05, 4.69) is 22.1 Å². The van der Waals surface area contributed by atoms with Gasteiger partial charge in [-0.25, -0.2) is 9.37 Å². The van der Waals surface area contributed by atoms with Crippen molar-refractivity contribution in [1.29, 1.82) is 0 Å². The van der Waals surface area contributed by atoms with Crippen LogP contribution in [0, 0.1) is 11.7 Å². The first-order valence-electron chi connectivity index (χ1n) is 10.3. The number of aromatic nitrogens is 2. The Morgan fingerprint density at radius 3 is 2.67 bits per heavy atom. The summed E-state index contributed by atoms with van der Waals surface area (Å²) in [6, 6.07) is 16.3. The molecule has 5 rings (SSSR count). The van der Waals surface area contributed by atoms with Crippen molar-refractivity contribution in [3.63, 3.8) is 0 Å². The second-order valence-corrected chi connectivity index (χ2v) is 8.11. The number of nitrogens with zero attached hydrogens (tertiary/aromatic N) is 2. The third kappa shape index (κ3) is 3.65. The van der Waals surface area contributed by atoms with Crippen molar-refractivity contribution >= 4 is 5.91 Å². The molecular formula is C24H22FN3O2. The van der Waals surface area contributed by atoms with E-state index in [1.165, 1.54) is 17.7 Å². The maximum absolute atomic E-state index is 13.1. The highest BCUT2D eigenvalue weighted by Crippen LogP contribution is 2.48. The van der Waals surface area contributed by atoms with Gasteiger partial charge in [-0.1, -0.05) is 42.5 Å². The van der Waals surface area contributed by atoms with Crippen LogP contribution < -0.4 is 5.56 Å². The molecule has 2 atom stereocenters. The minimum Gasteiger partial charge on any atom is -0.337 e. The molecule has 0 spiro atoms. The Hall–Kier alpha value is -3.28. The summed E-state index contributed by atoms with van der Waals surface area (Å²) in [5.74, 6) is 0.703. The number of carbonyl (C=O) groups excluding carboxylic acids is 1. The van der Waals surface area contributed by atoms with Gasteiger partial charge in [-0.3, -0.25) is 9.59 Å². The molecule has 2 heterocycles. The van der Waals surface area contributed by atoms with Crippen LogP contribution in [0.5, 0.6) is 0 Å². The zero-order chi connectivity index (χ0) is 20.7. The fraction of sp³-hybridized carbons (Fsp3) is 0.292. The Bertz CT molecular complexity index is 1140. The average molecular weight is 403 g/mol. The Morgan fingerprint density at radius 1 is 1.13 bits per heavy atom. The minimum atomic E-state index is -0.291. The van der Waals surface area contributed by atoms with E-state index < -0.39 is 0 Å². The molecule has 1 saturated carbocycles. The molecule has 0 unspecified atom stereocenters. The van der Waals surface area contributed by atoms with Gasteiger partial charge in [-0.2, -0.15) is 0 Å². The first kappa shape index (κ1) is 18.7. The molecule has 2 aromatic carbocycles. The van der Waals surface area contributed by atoms with Gasteiger partial charge >= 0.3 is 0 Å². The predicted molar refractivity (Wildman–Crippen MR) is 110 cm³/mol. The molecule has 0 radical (unpaired) electrons. The molecular weight excluding hydrogens is 381 g/mol. The number of rotatable bonds is 4. The number of hydrogen-bond donors (Lipinski definition) is 1. The number of H-pyrrole nitrogens is 1. The van der Waals surface area contributed by atoms with E-state index in [0.29, 0.717) is 37.3 Å². The molecule has 1 fully saturated rings. The zero-order valence-corrected chi connectivity index (χ0v) is 16.5. The van der Waals surface area contributed by atoms with Crippen LogP contribution in [0.2, 0.25) is 0 Å². The number of hydrogen-bond acceptors (Lipinski definition) is 3. The summed E-state index contributed by atoms with van der Waals surface area (Å²) < 4.78 is 13.1. The van der Waals surface area contributed by atoms with Gasteiger partial charge in [0.15, 0.2) is 0 Å². The van der Waals surface area contributed by atoms with Crippen molar-refractivity contribution in [2.75, 3.05) is 6.54 Å². The number of halogens is 1. The number of nitrogens with one attached hydrogen (secondary N) is 1. The zero-order valence-electron chi connectivity index (χ0n) is 16.5. The average Bonchev–Trinajstić information content (AvgIpc) is 3.56. The van der Waals surface area contributed by atoms with E-state index in [4.69, 9.17) is 0 Å². The number of aromatic amines is 1. The number of amides is 1. The van der Waals surface area contributed by atoms with Crippen molar-refractivity contribution in [3.8, 4) is 0 Å². The lowest BCUT2D eigenvalue weighted by Crippen LogP contribution is -2.40. The normalized spacial score (nSPS) is 20.0. The van der Waals surface area contributed by atoms with Crippen molar-refractivity contribution in [3.05, 3.63) is 99.0 Å². The quantitative estimate of drug-likeness (QED) is 0.728. The van der Waals surface area contributed by atoms with Crippen molar-refractivity contribution < 1.29 is 9.18 Å². The highest BCUT2D eigenvalue weighted by molar-refractivity contribution is 5.83. The van der Waals surface area contributed by atoms with Gasteiger partial charge in [0.05, 0.1) is 17.8 Å². The minimum absolute atomic E-state index is 0.0127. The number of carbonyl (C=O) groups is 1. The van der Waals surface area contributed by atoms with Crippen LogP contribution in [0.25, 0.3) is 0 Å². The third-order valence-electron chi connectivity index (χ3n) is 6.05. The van der Waals surface area contributed by atoms with Gasteiger partial charge in [0, 0.05) is 25.3 Å². The van der Waals surface area contributed by atoms with E-state index in [1.807, 2.05) is 18.2 Å². The lowest BCUT2D eigenvalue weighted by molar-refractivity contribution is -0.133. The Kier molecular flexibility index (Phi) is 4.69. The molecule has 1 N–H and O–H groups in total. The first-order chi connectivity index (χ1) is 14.6. The first-order valence-corrected chi connectivity index (χ1v) is 10.3. The number of fused-ring (bicyclic) bond motifs is 1. The molecule has 1 amide bonds. The lowest BCUT2D eigenvalue weighted by atomic mass is 10.0. The van der Waals surface area contributed by atoms with Crippen molar-refractivity contribution in [2.24, 2.45) is 5.92 Å². The largest absolute Gasteiger partial charge is 0.337 e. The summed E-state index contributed by atoms with van der Waals surface area (Å²) in [6.45, 7) is 0.890. The molecule has 1 aliphatic heterocycles. The van der Waals surface area contributed by atoms with Crippen molar-refractivity contribution in [1.82, 2.24) is 14.9 Å². The molecule has 0 bridgehead atoms. The molecule has 152 valence electrons. The molecule has 1 aromatic heterocycles. The molecule has 2 aliphatic rings. The molecule has 1 aliphatic carbocycles. The molecule has 6 heteroatoms. The monoisotopic (exact) mass is 403 g/mol. The SMILES string of the molecule is O=C([C@@H]1C[C@H]1c1ccccc1)N1CCc2nc(Cc3ccc(F)cc3)[nH]c(=O)c2C1. The summed E-state index contributed by atoms with van der Waals surface area (Å²) in [6.07, 6.45) is 1.88. The van der Waals surface area contributed by atoms with Gasteiger partial charge in [-0.05, 0) is 35.6 Å². The molecule has 0 saturated heterocycles. The van der Waals surface area contributed by atoms with Crippen LogP contribution in [0.4, 0.5) is 4.39 Å². The van der Waals surface area contributed by atoms with E-state index >= 15 is 0 Å². The molecule has 30 heavy (non-hydrogen) atoms. The summed E-state index contributed by atoms with van der Waals surface area (Å²) >= 11 is 0. The summed E-state index contributed by atoms with van der Waals surface area (Å²) in [5.41, 5.74) is 3.24. The summed E-state index contributed by atoms with van der Waals surface area (Å²) in [4.78, 5) is 34.9. The Labute approximate surface area is 173 Å². The predicted octanol–water partition coefficient (Wildman–Crippen LogP) is 3.19. The van der Waals surface area contributed by atoms with E-state index in [-0.39, 0.29) is 29.1 Å². The highest BCUT2D eigenvalue weighted by atomic mass is 19.1. The van der Waals surface area contributed by atoms with Crippen LogP contribution in [0.1, 0.15) is 40.5 Å². The molecule has 3 aromatic rings. The third-order valence-corrected chi connectivity index (χ3v) is 6.05. The van der Waals surface area contributed by atoms with Gasteiger partial charge in [-0.15, -0.1) is 0 Å². The fourth-order valence-corrected chi connectivity index (χ4v) is 4.32. The number of benzene rings is 2. The van der Waals surface area contributed by atoms with Crippen molar-refractivity contribution in [2.45, 2.75) is 31.7 Å². The Morgan fingerprint density at radius 2 is 1.90 bits per heavy atom. The van der Waals surface area contributed by atoms with Gasteiger partial charge in [0.2, 0.25) is 5.91 Å². The van der Waals surface area contributed by atoms with Crippen LogP contribution in [-0.2, 0) is 24.2 Å². The summed E-state index contributed by atoms with van der Waals surface area (Å²) in [7, 11) is 0. The summed E-state index contributed by atoms with van der Waals surface area (Å²) in [5, 5.41) is 0. The van der Waals surface area contributed by atoms with Crippen LogP contribution in [-0.4, -0.2) is 27.3 Å². The maximum atomic E-state index is 13.1.